The molecule has 0 saturated carbocycles. The number of rotatable bonds is 8. The van der Waals surface area contributed by atoms with Crippen LogP contribution in [0.4, 0.5) is 4.79 Å². The molecule has 0 atom stereocenters. The third-order valence-corrected chi connectivity index (χ3v) is 3.55. The Hall–Kier alpha value is -3.14. The SMILES string of the molecule is N=C(N)NCCNCc1cccc(CNC(=O)ON2C(=O)CCC2=O)c1. The van der Waals surface area contributed by atoms with Crippen LogP contribution in [0.15, 0.2) is 24.3 Å². The predicted octanol–water partition coefficient (Wildman–Crippen LogP) is -0.451. The van der Waals surface area contributed by atoms with Gasteiger partial charge in [0.25, 0.3) is 11.8 Å². The topological polar surface area (TPSA) is 150 Å². The van der Waals surface area contributed by atoms with Crippen LogP contribution in [0.2, 0.25) is 0 Å². The van der Waals surface area contributed by atoms with Crippen LogP contribution in [0.1, 0.15) is 24.0 Å². The highest BCUT2D eigenvalue weighted by atomic mass is 16.7. The zero-order valence-electron chi connectivity index (χ0n) is 14.2. The van der Waals surface area contributed by atoms with Gasteiger partial charge < -0.3 is 26.5 Å². The molecule has 1 aliphatic rings. The lowest BCUT2D eigenvalue weighted by Crippen LogP contribution is -2.36. The molecular formula is C16H22N6O4. The molecule has 26 heavy (non-hydrogen) atoms. The monoisotopic (exact) mass is 362 g/mol. The summed E-state index contributed by atoms with van der Waals surface area (Å²) in [5.74, 6) is -1.10. The Bertz CT molecular complexity index is 677. The van der Waals surface area contributed by atoms with Crippen molar-refractivity contribution in [3.63, 3.8) is 0 Å². The van der Waals surface area contributed by atoms with E-state index in [1.807, 2.05) is 24.3 Å². The Morgan fingerprint density at radius 3 is 2.42 bits per heavy atom. The maximum Gasteiger partial charge on any atom is 0.432 e. The van der Waals surface area contributed by atoms with Crippen molar-refractivity contribution < 1.29 is 19.2 Å². The highest BCUT2D eigenvalue weighted by Gasteiger charge is 2.32. The first-order chi connectivity index (χ1) is 12.5. The molecule has 1 aromatic rings. The molecule has 10 heteroatoms. The molecule has 1 aliphatic heterocycles. The summed E-state index contributed by atoms with van der Waals surface area (Å²) in [6.07, 6.45) is -0.737. The summed E-state index contributed by atoms with van der Waals surface area (Å²) in [5, 5.41) is 16.0. The second-order valence-corrected chi connectivity index (χ2v) is 5.65. The molecule has 1 aromatic carbocycles. The quantitative estimate of drug-likeness (QED) is 0.182. The summed E-state index contributed by atoms with van der Waals surface area (Å²) >= 11 is 0. The fourth-order valence-corrected chi connectivity index (χ4v) is 2.32. The van der Waals surface area contributed by atoms with E-state index < -0.39 is 17.9 Å². The Morgan fingerprint density at radius 1 is 1.12 bits per heavy atom. The molecule has 0 unspecified atom stereocenters. The first-order valence-corrected chi connectivity index (χ1v) is 8.13. The van der Waals surface area contributed by atoms with E-state index in [0.717, 1.165) is 11.1 Å². The molecule has 1 heterocycles. The van der Waals surface area contributed by atoms with E-state index in [2.05, 4.69) is 16.0 Å². The number of guanidine groups is 1. The van der Waals surface area contributed by atoms with E-state index in [1.54, 1.807) is 0 Å². The third kappa shape index (κ3) is 6.06. The number of imide groups is 1. The molecule has 0 bridgehead atoms. The van der Waals surface area contributed by atoms with Gasteiger partial charge in [-0.05, 0) is 11.1 Å². The van der Waals surface area contributed by atoms with Crippen molar-refractivity contribution in [1.29, 1.82) is 5.41 Å². The average molecular weight is 362 g/mol. The number of hydrogen-bond donors (Lipinski definition) is 5. The lowest BCUT2D eigenvalue weighted by Gasteiger charge is -2.13. The molecule has 0 radical (unpaired) electrons. The summed E-state index contributed by atoms with van der Waals surface area (Å²) < 4.78 is 0. The molecule has 0 aliphatic carbocycles. The van der Waals surface area contributed by atoms with Crippen LogP contribution in [0.5, 0.6) is 0 Å². The van der Waals surface area contributed by atoms with Crippen LogP contribution in [0.25, 0.3) is 0 Å². The van der Waals surface area contributed by atoms with E-state index in [9.17, 15) is 14.4 Å². The zero-order chi connectivity index (χ0) is 18.9. The highest BCUT2D eigenvalue weighted by Crippen LogP contribution is 2.12. The van der Waals surface area contributed by atoms with Gasteiger partial charge >= 0.3 is 6.09 Å². The van der Waals surface area contributed by atoms with Crippen LogP contribution in [-0.4, -0.2) is 42.0 Å². The maximum atomic E-state index is 11.7. The van der Waals surface area contributed by atoms with Gasteiger partial charge in [0.2, 0.25) is 0 Å². The molecule has 1 fully saturated rings. The van der Waals surface area contributed by atoms with Crippen molar-refractivity contribution in [2.45, 2.75) is 25.9 Å². The minimum atomic E-state index is -0.854. The second kappa shape index (κ2) is 9.37. The molecular weight excluding hydrogens is 340 g/mol. The number of nitrogens with zero attached hydrogens (tertiary/aromatic N) is 1. The van der Waals surface area contributed by atoms with E-state index in [4.69, 9.17) is 16.0 Å². The molecule has 2 rings (SSSR count). The lowest BCUT2D eigenvalue weighted by molar-refractivity contribution is -0.171. The number of nitrogens with one attached hydrogen (secondary N) is 4. The number of hydroxylamine groups is 2. The normalized spacial score (nSPS) is 13.6. The summed E-state index contributed by atoms with van der Waals surface area (Å²) in [6.45, 7) is 2.02. The van der Waals surface area contributed by atoms with Crippen molar-refractivity contribution in [2.24, 2.45) is 5.73 Å². The predicted molar refractivity (Wildman–Crippen MR) is 92.5 cm³/mol. The van der Waals surface area contributed by atoms with Crippen molar-refractivity contribution in [3.05, 3.63) is 35.4 Å². The van der Waals surface area contributed by atoms with Crippen molar-refractivity contribution >= 4 is 23.9 Å². The number of carbonyl (C=O) groups excluding carboxylic acids is 3. The Balaban J connectivity index is 1.73. The summed E-state index contributed by atoms with van der Waals surface area (Å²) in [5.41, 5.74) is 7.06. The minimum absolute atomic E-state index is 0.0586. The third-order valence-electron chi connectivity index (χ3n) is 3.55. The largest absolute Gasteiger partial charge is 0.432 e. The molecule has 1 saturated heterocycles. The van der Waals surface area contributed by atoms with Gasteiger partial charge in [0.1, 0.15) is 0 Å². The number of benzene rings is 1. The van der Waals surface area contributed by atoms with Crippen LogP contribution in [0.3, 0.4) is 0 Å². The van der Waals surface area contributed by atoms with Crippen molar-refractivity contribution in [2.75, 3.05) is 13.1 Å². The summed E-state index contributed by atoms with van der Waals surface area (Å²) in [7, 11) is 0. The Kier molecular flexibility index (Phi) is 6.92. The number of carbonyl (C=O) groups is 3. The molecule has 0 spiro atoms. The molecule has 6 N–H and O–H groups in total. The van der Waals surface area contributed by atoms with E-state index in [0.29, 0.717) is 24.7 Å². The summed E-state index contributed by atoms with van der Waals surface area (Å²) in [4.78, 5) is 39.2. The van der Waals surface area contributed by atoms with Crippen molar-refractivity contribution in [1.82, 2.24) is 21.0 Å². The minimum Gasteiger partial charge on any atom is -0.370 e. The molecule has 0 aromatic heterocycles. The van der Waals surface area contributed by atoms with Gasteiger partial charge in [-0.1, -0.05) is 24.3 Å². The van der Waals surface area contributed by atoms with Gasteiger partial charge in [0.05, 0.1) is 0 Å². The first kappa shape index (κ1) is 19.2. The van der Waals surface area contributed by atoms with Gasteiger partial charge in [0, 0.05) is 39.0 Å². The second-order valence-electron chi connectivity index (χ2n) is 5.65. The maximum absolute atomic E-state index is 11.7. The fourth-order valence-electron chi connectivity index (χ4n) is 2.32. The van der Waals surface area contributed by atoms with Crippen LogP contribution in [-0.2, 0) is 27.5 Å². The number of nitrogens with two attached hydrogens (primary N) is 1. The first-order valence-electron chi connectivity index (χ1n) is 8.13. The van der Waals surface area contributed by atoms with Crippen LogP contribution >= 0.6 is 0 Å². The Morgan fingerprint density at radius 2 is 1.77 bits per heavy atom. The van der Waals surface area contributed by atoms with Gasteiger partial charge in [-0.2, -0.15) is 0 Å². The summed E-state index contributed by atoms with van der Waals surface area (Å²) in [6, 6.07) is 7.56. The number of amides is 3. The molecule has 3 amide bonds. The van der Waals surface area contributed by atoms with Crippen molar-refractivity contribution in [3.8, 4) is 0 Å². The Labute approximate surface area is 150 Å². The smallest absolute Gasteiger partial charge is 0.370 e. The van der Waals surface area contributed by atoms with Gasteiger partial charge in [0.15, 0.2) is 5.96 Å². The fraction of sp³-hybridized carbons (Fsp3) is 0.375. The van der Waals surface area contributed by atoms with E-state index in [1.165, 1.54) is 0 Å². The highest BCUT2D eigenvalue weighted by molar-refractivity contribution is 6.01. The van der Waals surface area contributed by atoms with Gasteiger partial charge in [-0.15, -0.1) is 5.06 Å². The van der Waals surface area contributed by atoms with Crippen LogP contribution < -0.4 is 21.7 Å². The standard InChI is InChI=1S/C16H22N6O4/c17-15(18)20-7-6-19-9-11-2-1-3-12(8-11)10-21-16(25)26-22-13(23)4-5-14(22)24/h1-3,8,19H,4-7,9-10H2,(H,21,25)(H4,17,18,20). The van der Waals surface area contributed by atoms with Gasteiger partial charge in [-0.25, -0.2) is 4.79 Å². The average Bonchev–Trinajstić information content (AvgIpc) is 2.92. The van der Waals surface area contributed by atoms with E-state index >= 15 is 0 Å². The zero-order valence-corrected chi connectivity index (χ0v) is 14.2. The van der Waals surface area contributed by atoms with Gasteiger partial charge in [-0.3, -0.25) is 15.0 Å². The van der Waals surface area contributed by atoms with Crippen LogP contribution in [0, 0.1) is 5.41 Å². The molecule has 10 nitrogen and oxygen atoms in total. The van der Waals surface area contributed by atoms with E-state index in [-0.39, 0.29) is 25.3 Å². The lowest BCUT2D eigenvalue weighted by atomic mass is 10.1. The number of hydrogen-bond acceptors (Lipinski definition) is 6. The molecule has 140 valence electrons.